The SMILES string of the molecule is CCC(=O)N(Cc1c(C)nn(-c2cccc(F)c2)c1N1CCN(CC)CC1)C(C)C. The Balaban J connectivity index is 2.06. The number of carbonyl (C=O) groups excluding carboxylic acids is 1. The van der Waals surface area contributed by atoms with E-state index in [4.69, 9.17) is 5.10 Å². The molecule has 1 aromatic carbocycles. The smallest absolute Gasteiger partial charge is 0.222 e. The van der Waals surface area contributed by atoms with Gasteiger partial charge in [0.15, 0.2) is 0 Å². The molecular weight excluding hydrogens is 381 g/mol. The van der Waals surface area contributed by atoms with Crippen molar-refractivity contribution < 1.29 is 9.18 Å². The first-order valence-corrected chi connectivity index (χ1v) is 11.0. The van der Waals surface area contributed by atoms with Crippen LogP contribution >= 0.6 is 0 Å². The van der Waals surface area contributed by atoms with Crippen LogP contribution in [0.3, 0.4) is 0 Å². The van der Waals surface area contributed by atoms with E-state index in [1.807, 2.05) is 43.3 Å². The van der Waals surface area contributed by atoms with Crippen LogP contribution in [-0.4, -0.2) is 64.3 Å². The molecule has 0 unspecified atom stereocenters. The van der Waals surface area contributed by atoms with Crippen LogP contribution in [0.2, 0.25) is 0 Å². The highest BCUT2D eigenvalue weighted by atomic mass is 19.1. The zero-order valence-corrected chi connectivity index (χ0v) is 18.9. The van der Waals surface area contributed by atoms with Gasteiger partial charge in [-0.15, -0.1) is 0 Å². The molecule has 0 N–H and O–H groups in total. The first kappa shape index (κ1) is 22.3. The Kier molecular flexibility index (Phi) is 7.13. The zero-order valence-electron chi connectivity index (χ0n) is 18.9. The molecule has 0 aliphatic carbocycles. The highest BCUT2D eigenvalue weighted by Gasteiger charge is 2.28. The van der Waals surface area contributed by atoms with Gasteiger partial charge in [0, 0.05) is 44.2 Å². The topological polar surface area (TPSA) is 44.6 Å². The first-order chi connectivity index (χ1) is 14.3. The maximum Gasteiger partial charge on any atom is 0.222 e. The average molecular weight is 416 g/mol. The van der Waals surface area contributed by atoms with Gasteiger partial charge in [-0.3, -0.25) is 4.79 Å². The number of amides is 1. The molecule has 2 heterocycles. The highest BCUT2D eigenvalue weighted by Crippen LogP contribution is 2.30. The number of benzene rings is 1. The summed E-state index contributed by atoms with van der Waals surface area (Å²) < 4.78 is 15.8. The van der Waals surface area contributed by atoms with E-state index in [0.717, 1.165) is 49.8 Å². The second-order valence-electron chi connectivity index (χ2n) is 8.17. The van der Waals surface area contributed by atoms with Crippen molar-refractivity contribution in [2.45, 2.75) is 53.6 Å². The van der Waals surface area contributed by atoms with E-state index in [-0.39, 0.29) is 17.8 Å². The number of hydrogen-bond donors (Lipinski definition) is 0. The molecule has 1 saturated heterocycles. The summed E-state index contributed by atoms with van der Waals surface area (Å²) in [5, 5.41) is 4.79. The number of halogens is 1. The molecule has 164 valence electrons. The van der Waals surface area contributed by atoms with Crippen molar-refractivity contribution >= 4 is 11.7 Å². The summed E-state index contributed by atoms with van der Waals surface area (Å²) in [4.78, 5) is 19.3. The van der Waals surface area contributed by atoms with Gasteiger partial charge in [-0.25, -0.2) is 9.07 Å². The molecule has 1 aliphatic rings. The largest absolute Gasteiger partial charge is 0.354 e. The lowest BCUT2D eigenvalue weighted by Crippen LogP contribution is -2.47. The Morgan fingerprint density at radius 1 is 1.20 bits per heavy atom. The summed E-state index contributed by atoms with van der Waals surface area (Å²) in [5.41, 5.74) is 2.62. The normalized spacial score (nSPS) is 15.1. The third-order valence-corrected chi connectivity index (χ3v) is 5.90. The lowest BCUT2D eigenvalue weighted by Gasteiger charge is -2.36. The second kappa shape index (κ2) is 9.60. The average Bonchev–Trinajstić information content (AvgIpc) is 3.07. The Hall–Kier alpha value is -2.41. The fraction of sp³-hybridized carbons (Fsp3) is 0.565. The molecule has 3 rings (SSSR count). The van der Waals surface area contributed by atoms with Gasteiger partial charge in [0.1, 0.15) is 11.6 Å². The molecule has 0 saturated carbocycles. The Labute approximate surface area is 179 Å². The highest BCUT2D eigenvalue weighted by molar-refractivity contribution is 5.76. The number of likely N-dealkylation sites (N-methyl/N-ethyl adjacent to an activating group) is 1. The molecule has 2 aromatic rings. The summed E-state index contributed by atoms with van der Waals surface area (Å²) in [5.74, 6) is 0.821. The maximum atomic E-state index is 14.0. The molecule has 1 aromatic heterocycles. The fourth-order valence-electron chi connectivity index (χ4n) is 4.05. The zero-order chi connectivity index (χ0) is 21.8. The van der Waals surface area contributed by atoms with Gasteiger partial charge in [0.2, 0.25) is 5.91 Å². The van der Waals surface area contributed by atoms with Gasteiger partial charge in [-0.05, 0) is 45.5 Å². The number of hydrogen-bond acceptors (Lipinski definition) is 4. The van der Waals surface area contributed by atoms with Gasteiger partial charge in [-0.2, -0.15) is 5.10 Å². The van der Waals surface area contributed by atoms with E-state index in [1.165, 1.54) is 12.1 Å². The minimum Gasteiger partial charge on any atom is -0.354 e. The maximum absolute atomic E-state index is 14.0. The number of aromatic nitrogens is 2. The van der Waals surface area contributed by atoms with Crippen LogP contribution in [0.15, 0.2) is 24.3 Å². The van der Waals surface area contributed by atoms with Crippen LogP contribution in [0.4, 0.5) is 10.2 Å². The molecule has 6 nitrogen and oxygen atoms in total. The molecule has 1 amide bonds. The lowest BCUT2D eigenvalue weighted by atomic mass is 10.1. The Morgan fingerprint density at radius 3 is 2.47 bits per heavy atom. The van der Waals surface area contributed by atoms with Crippen LogP contribution in [0, 0.1) is 12.7 Å². The quantitative estimate of drug-likeness (QED) is 0.693. The van der Waals surface area contributed by atoms with Gasteiger partial charge in [-0.1, -0.05) is 19.9 Å². The molecule has 1 aliphatic heterocycles. The summed E-state index contributed by atoms with van der Waals surface area (Å²) in [6.45, 7) is 15.4. The van der Waals surface area contributed by atoms with Crippen LogP contribution in [-0.2, 0) is 11.3 Å². The van der Waals surface area contributed by atoms with Crippen molar-refractivity contribution in [3.05, 3.63) is 41.3 Å². The van der Waals surface area contributed by atoms with Crippen molar-refractivity contribution in [1.82, 2.24) is 19.6 Å². The summed E-state index contributed by atoms with van der Waals surface area (Å²) in [7, 11) is 0. The van der Waals surface area contributed by atoms with Gasteiger partial charge in [0.05, 0.1) is 17.9 Å². The lowest BCUT2D eigenvalue weighted by molar-refractivity contribution is -0.133. The predicted molar refractivity (Wildman–Crippen MR) is 119 cm³/mol. The molecule has 0 spiro atoms. The second-order valence-corrected chi connectivity index (χ2v) is 8.17. The van der Waals surface area contributed by atoms with Gasteiger partial charge in [0.25, 0.3) is 0 Å². The van der Waals surface area contributed by atoms with E-state index in [1.54, 1.807) is 6.07 Å². The summed E-state index contributed by atoms with van der Waals surface area (Å²) in [6.07, 6.45) is 0.472. The molecule has 30 heavy (non-hydrogen) atoms. The number of carbonyl (C=O) groups is 1. The molecular formula is C23H34FN5O. The van der Waals surface area contributed by atoms with Gasteiger partial charge < -0.3 is 14.7 Å². The monoisotopic (exact) mass is 415 g/mol. The Morgan fingerprint density at radius 2 is 1.90 bits per heavy atom. The van der Waals surface area contributed by atoms with Gasteiger partial charge >= 0.3 is 0 Å². The first-order valence-electron chi connectivity index (χ1n) is 11.0. The summed E-state index contributed by atoms with van der Waals surface area (Å²) >= 11 is 0. The number of piperazine rings is 1. The van der Waals surface area contributed by atoms with Crippen molar-refractivity contribution in [2.24, 2.45) is 0 Å². The number of aryl methyl sites for hydroxylation is 1. The van der Waals surface area contributed by atoms with Crippen LogP contribution < -0.4 is 4.90 Å². The number of rotatable bonds is 7. The standard InChI is InChI=1S/C23H34FN5O/c1-6-22(30)28(17(3)4)16-21-18(5)25-29(20-10-8-9-19(24)15-20)23(21)27-13-11-26(7-2)12-14-27/h8-10,15,17H,6-7,11-14,16H2,1-5H3. The fourth-order valence-corrected chi connectivity index (χ4v) is 4.05. The molecule has 0 radical (unpaired) electrons. The van der Waals surface area contributed by atoms with E-state index in [9.17, 15) is 9.18 Å². The summed E-state index contributed by atoms with van der Waals surface area (Å²) in [6, 6.07) is 6.64. The third-order valence-electron chi connectivity index (χ3n) is 5.90. The van der Waals surface area contributed by atoms with Crippen LogP contribution in [0.1, 0.15) is 45.4 Å². The predicted octanol–water partition coefficient (Wildman–Crippen LogP) is 3.61. The molecule has 7 heteroatoms. The molecule has 1 fully saturated rings. The van der Waals surface area contributed by atoms with Crippen molar-refractivity contribution in [2.75, 3.05) is 37.6 Å². The third kappa shape index (κ3) is 4.67. The molecule has 0 bridgehead atoms. The minimum absolute atomic E-state index is 0.0964. The minimum atomic E-state index is -0.283. The van der Waals surface area contributed by atoms with Crippen molar-refractivity contribution in [3.8, 4) is 5.69 Å². The van der Waals surface area contributed by atoms with E-state index >= 15 is 0 Å². The van der Waals surface area contributed by atoms with E-state index in [0.29, 0.717) is 18.7 Å². The Bertz CT molecular complexity index is 870. The molecule has 0 atom stereocenters. The van der Waals surface area contributed by atoms with Crippen LogP contribution in [0.25, 0.3) is 5.69 Å². The van der Waals surface area contributed by atoms with E-state index in [2.05, 4.69) is 16.7 Å². The number of anilines is 1. The van der Waals surface area contributed by atoms with Crippen LogP contribution in [0.5, 0.6) is 0 Å². The number of nitrogens with zero attached hydrogens (tertiary/aromatic N) is 5. The van der Waals surface area contributed by atoms with Crippen molar-refractivity contribution in [1.29, 1.82) is 0 Å². The van der Waals surface area contributed by atoms with E-state index < -0.39 is 0 Å². The van der Waals surface area contributed by atoms with Crippen molar-refractivity contribution in [3.63, 3.8) is 0 Å².